The van der Waals surface area contributed by atoms with Gasteiger partial charge in [-0.3, -0.25) is 9.98 Å². The van der Waals surface area contributed by atoms with Gasteiger partial charge in [0.15, 0.2) is 11.9 Å². The maximum Gasteiger partial charge on any atom is 0.191 e. The van der Waals surface area contributed by atoms with Gasteiger partial charge in [-0.05, 0) is 55.4 Å². The summed E-state index contributed by atoms with van der Waals surface area (Å²) in [5, 5.41) is 13.2. The summed E-state index contributed by atoms with van der Waals surface area (Å²) in [6.45, 7) is 19.4. The van der Waals surface area contributed by atoms with Gasteiger partial charge in [-0.15, -0.1) is 0 Å². The van der Waals surface area contributed by atoms with Crippen LogP contribution in [0.1, 0.15) is 55.4 Å². The molecule has 0 saturated heterocycles. The molecule has 7 heteroatoms. The molecule has 25 heavy (non-hydrogen) atoms. The Morgan fingerprint density at radius 3 is 1.32 bits per heavy atom. The molecule has 0 amide bonds. The lowest BCUT2D eigenvalue weighted by molar-refractivity contribution is 0.143. The minimum Gasteiger partial charge on any atom is -0.378 e. The smallest absolute Gasteiger partial charge is 0.191 e. The first-order chi connectivity index (χ1) is 11.7. The molecule has 0 saturated carbocycles. The fourth-order valence-corrected chi connectivity index (χ4v) is 1.92. The number of hydrogen-bond acceptors (Lipinski definition) is 3. The van der Waals surface area contributed by atoms with Gasteiger partial charge in [-0.1, -0.05) is 0 Å². The summed E-state index contributed by atoms with van der Waals surface area (Å²) in [4.78, 5) is 9.06. The zero-order valence-electron chi connectivity index (χ0n) is 17.4. The van der Waals surface area contributed by atoms with Crippen LogP contribution in [0.3, 0.4) is 0 Å². The van der Waals surface area contributed by atoms with Crippen LogP contribution in [0.4, 0.5) is 0 Å². The predicted molar refractivity (Wildman–Crippen MR) is 109 cm³/mol. The third-order valence-corrected chi connectivity index (χ3v) is 2.70. The predicted octanol–water partition coefficient (Wildman–Crippen LogP) is 1.71. The molecule has 0 atom stereocenters. The Hall–Kier alpha value is -1.50. The number of guanidine groups is 2. The molecule has 0 aromatic carbocycles. The molecule has 0 radical (unpaired) electrons. The van der Waals surface area contributed by atoms with E-state index in [2.05, 4.69) is 86.6 Å². The zero-order chi connectivity index (χ0) is 19.2. The minimum absolute atomic E-state index is 0.256. The van der Waals surface area contributed by atoms with E-state index in [4.69, 9.17) is 4.74 Å². The third kappa shape index (κ3) is 15.8. The second-order valence-corrected chi connectivity index (χ2v) is 7.21. The largest absolute Gasteiger partial charge is 0.378 e. The van der Waals surface area contributed by atoms with Crippen LogP contribution in [0, 0.1) is 0 Å². The Morgan fingerprint density at radius 1 is 0.680 bits per heavy atom. The Bertz CT molecular complexity index is 355. The molecule has 148 valence electrons. The van der Waals surface area contributed by atoms with Gasteiger partial charge >= 0.3 is 0 Å². The summed E-state index contributed by atoms with van der Waals surface area (Å²) < 4.78 is 5.66. The molecule has 0 aromatic heterocycles. The van der Waals surface area contributed by atoms with Crippen molar-refractivity contribution in [1.82, 2.24) is 21.3 Å². The summed E-state index contributed by atoms with van der Waals surface area (Å²) in [7, 11) is 0. The van der Waals surface area contributed by atoms with E-state index in [1.165, 1.54) is 0 Å². The SMILES string of the molecule is CC(C)N=C(NCCOCCNC(=NC(C)C)NC(C)C)NC(C)C. The maximum absolute atomic E-state index is 5.66. The summed E-state index contributed by atoms with van der Waals surface area (Å²) in [5.41, 5.74) is 0. The summed E-state index contributed by atoms with van der Waals surface area (Å²) in [6, 6.07) is 1.21. The lowest BCUT2D eigenvalue weighted by Gasteiger charge is -2.17. The van der Waals surface area contributed by atoms with Crippen molar-refractivity contribution in [3.63, 3.8) is 0 Å². The fraction of sp³-hybridized carbons (Fsp3) is 0.889. The molecule has 0 aliphatic heterocycles. The van der Waals surface area contributed by atoms with Crippen LogP contribution in [0.25, 0.3) is 0 Å². The molecule has 0 rings (SSSR count). The van der Waals surface area contributed by atoms with Gasteiger partial charge in [0.25, 0.3) is 0 Å². The number of aliphatic imine (C=N–C) groups is 2. The highest BCUT2D eigenvalue weighted by Crippen LogP contribution is 1.88. The highest BCUT2D eigenvalue weighted by atomic mass is 16.5. The highest BCUT2D eigenvalue weighted by molar-refractivity contribution is 5.80. The Kier molecular flexibility index (Phi) is 12.9. The normalized spacial score (nSPS) is 13.1. The first-order valence-electron chi connectivity index (χ1n) is 9.44. The number of hydrogen-bond donors (Lipinski definition) is 4. The minimum atomic E-state index is 0.256. The van der Waals surface area contributed by atoms with Gasteiger partial charge in [0.2, 0.25) is 0 Å². The summed E-state index contributed by atoms with van der Waals surface area (Å²) in [5.74, 6) is 1.67. The number of nitrogens with zero attached hydrogens (tertiary/aromatic N) is 2. The molecule has 0 aromatic rings. The van der Waals surface area contributed by atoms with E-state index >= 15 is 0 Å². The Morgan fingerprint density at radius 2 is 1.04 bits per heavy atom. The van der Waals surface area contributed by atoms with Gasteiger partial charge < -0.3 is 26.0 Å². The second-order valence-electron chi connectivity index (χ2n) is 7.21. The molecule has 0 aliphatic rings. The molecular weight excluding hydrogens is 316 g/mol. The van der Waals surface area contributed by atoms with Gasteiger partial charge in [-0.25, -0.2) is 0 Å². The fourth-order valence-electron chi connectivity index (χ4n) is 1.92. The van der Waals surface area contributed by atoms with Crippen LogP contribution >= 0.6 is 0 Å². The number of ether oxygens (including phenoxy) is 1. The van der Waals surface area contributed by atoms with Crippen molar-refractivity contribution in [1.29, 1.82) is 0 Å². The molecule has 4 N–H and O–H groups in total. The van der Waals surface area contributed by atoms with Crippen LogP contribution in [0.2, 0.25) is 0 Å². The van der Waals surface area contributed by atoms with E-state index in [1.807, 2.05) is 0 Å². The average molecular weight is 357 g/mol. The van der Waals surface area contributed by atoms with Gasteiger partial charge in [0, 0.05) is 37.3 Å². The topological polar surface area (TPSA) is 82.1 Å². The summed E-state index contributed by atoms with van der Waals surface area (Å²) >= 11 is 0. The molecule has 7 nitrogen and oxygen atoms in total. The van der Waals surface area contributed by atoms with E-state index in [9.17, 15) is 0 Å². The number of rotatable bonds is 10. The van der Waals surface area contributed by atoms with Crippen LogP contribution in [0.5, 0.6) is 0 Å². The molecule has 0 fully saturated rings. The second kappa shape index (κ2) is 13.8. The van der Waals surface area contributed by atoms with Crippen molar-refractivity contribution in [3.05, 3.63) is 0 Å². The van der Waals surface area contributed by atoms with Gasteiger partial charge in [-0.2, -0.15) is 0 Å². The molecule has 0 spiro atoms. The Balaban J connectivity index is 4.00. The molecule has 0 heterocycles. The van der Waals surface area contributed by atoms with Gasteiger partial charge in [0.05, 0.1) is 13.2 Å². The quantitative estimate of drug-likeness (QED) is 0.272. The summed E-state index contributed by atoms with van der Waals surface area (Å²) in [6.07, 6.45) is 0. The zero-order valence-corrected chi connectivity index (χ0v) is 17.4. The highest BCUT2D eigenvalue weighted by Gasteiger charge is 2.03. The number of nitrogens with one attached hydrogen (secondary N) is 4. The molecule has 0 unspecified atom stereocenters. The van der Waals surface area contributed by atoms with Gasteiger partial charge in [0.1, 0.15) is 0 Å². The lowest BCUT2D eigenvalue weighted by Crippen LogP contribution is -2.44. The monoisotopic (exact) mass is 356 g/mol. The molecule has 0 bridgehead atoms. The lowest BCUT2D eigenvalue weighted by atomic mass is 10.4. The maximum atomic E-state index is 5.66. The van der Waals surface area contributed by atoms with E-state index < -0.39 is 0 Å². The third-order valence-electron chi connectivity index (χ3n) is 2.70. The van der Waals surface area contributed by atoms with Crippen molar-refractivity contribution in [3.8, 4) is 0 Å². The van der Waals surface area contributed by atoms with Crippen molar-refractivity contribution in [2.24, 2.45) is 9.98 Å². The molecule has 0 aliphatic carbocycles. The van der Waals surface area contributed by atoms with Crippen LogP contribution in [0.15, 0.2) is 9.98 Å². The first-order valence-corrected chi connectivity index (χ1v) is 9.44. The Labute approximate surface area is 154 Å². The van der Waals surface area contributed by atoms with Crippen molar-refractivity contribution in [2.45, 2.75) is 79.6 Å². The van der Waals surface area contributed by atoms with E-state index in [1.54, 1.807) is 0 Å². The van der Waals surface area contributed by atoms with Crippen molar-refractivity contribution < 1.29 is 4.74 Å². The van der Waals surface area contributed by atoms with E-state index in [-0.39, 0.29) is 12.1 Å². The molecular formula is C18H40N6O. The standard InChI is InChI=1S/C18H40N6O/c1-13(2)21-17(22-14(3)4)19-9-11-25-12-10-20-18(23-15(5)6)24-16(7)8/h13-16H,9-12H2,1-8H3,(H2,19,21,22)(H2,20,23,24). The van der Waals surface area contributed by atoms with Crippen molar-refractivity contribution in [2.75, 3.05) is 26.3 Å². The van der Waals surface area contributed by atoms with E-state index in [0.29, 0.717) is 25.3 Å². The first kappa shape index (κ1) is 23.5. The van der Waals surface area contributed by atoms with E-state index in [0.717, 1.165) is 25.0 Å². The van der Waals surface area contributed by atoms with Crippen LogP contribution < -0.4 is 21.3 Å². The average Bonchev–Trinajstić information content (AvgIpc) is 2.43. The van der Waals surface area contributed by atoms with Crippen LogP contribution in [-0.4, -0.2) is 62.4 Å². The van der Waals surface area contributed by atoms with Crippen LogP contribution in [-0.2, 0) is 4.74 Å². The van der Waals surface area contributed by atoms with Crippen molar-refractivity contribution >= 4 is 11.9 Å².